The maximum atomic E-state index is 15.3. The summed E-state index contributed by atoms with van der Waals surface area (Å²) in [5.74, 6) is -1.81. The molecule has 210 valence electrons. The quantitative estimate of drug-likeness (QED) is 0.454. The number of hydrogen-bond donors (Lipinski definition) is 2. The summed E-state index contributed by atoms with van der Waals surface area (Å²) in [6, 6.07) is 12.0. The van der Waals surface area contributed by atoms with E-state index in [1.807, 2.05) is 57.2 Å². The van der Waals surface area contributed by atoms with Crippen LogP contribution < -0.4 is 5.32 Å². The zero-order chi connectivity index (χ0) is 28.7. The zero-order valence-electron chi connectivity index (χ0n) is 22.9. The summed E-state index contributed by atoms with van der Waals surface area (Å²) in [6.45, 7) is 7.28. The van der Waals surface area contributed by atoms with Gasteiger partial charge in [-0.2, -0.15) is 0 Å². The molecule has 5 atom stereocenters. The van der Waals surface area contributed by atoms with Crippen molar-refractivity contribution in [3.05, 3.63) is 76.4 Å². The van der Waals surface area contributed by atoms with Crippen LogP contribution in [0.15, 0.2) is 54.0 Å². The van der Waals surface area contributed by atoms with E-state index in [2.05, 4.69) is 10.3 Å². The third-order valence-corrected chi connectivity index (χ3v) is 8.76. The lowest BCUT2D eigenvalue weighted by Crippen LogP contribution is -2.56. The fourth-order valence-electron chi connectivity index (χ4n) is 5.65. The number of hydrogen-bond acceptors (Lipinski definition) is 6. The van der Waals surface area contributed by atoms with Crippen molar-refractivity contribution in [1.29, 1.82) is 0 Å². The van der Waals surface area contributed by atoms with Gasteiger partial charge in [0.15, 0.2) is 6.17 Å². The maximum absolute atomic E-state index is 15.3. The number of nitrogens with zero attached hydrogens (tertiary/aromatic N) is 3. The van der Waals surface area contributed by atoms with Gasteiger partial charge in [-0.3, -0.25) is 14.4 Å². The van der Waals surface area contributed by atoms with Crippen LogP contribution in [0.25, 0.3) is 10.4 Å². The first kappa shape index (κ1) is 27.9. The molecule has 1 fully saturated rings. The molecule has 8 nitrogen and oxygen atoms in total. The molecule has 5 rings (SSSR count). The Morgan fingerprint density at radius 2 is 1.82 bits per heavy atom. The highest BCUT2D eigenvalue weighted by atomic mass is 32.1. The van der Waals surface area contributed by atoms with E-state index < -0.39 is 42.2 Å². The van der Waals surface area contributed by atoms with Crippen molar-refractivity contribution in [2.75, 3.05) is 6.54 Å². The van der Waals surface area contributed by atoms with Gasteiger partial charge in [0, 0.05) is 12.1 Å². The number of aryl methyl sites for hydroxylation is 1. The number of nitrogens with one attached hydrogen (secondary N) is 1. The van der Waals surface area contributed by atoms with Gasteiger partial charge in [0.1, 0.15) is 18.2 Å². The normalized spacial score (nSPS) is 22.0. The van der Waals surface area contributed by atoms with E-state index in [0.717, 1.165) is 32.2 Å². The van der Waals surface area contributed by atoms with E-state index in [1.165, 1.54) is 4.90 Å². The van der Waals surface area contributed by atoms with Crippen molar-refractivity contribution in [3.63, 3.8) is 0 Å². The highest BCUT2D eigenvalue weighted by Crippen LogP contribution is 2.32. The fourth-order valence-corrected chi connectivity index (χ4v) is 6.46. The summed E-state index contributed by atoms with van der Waals surface area (Å²) in [5.41, 5.74) is 5.91. The number of likely N-dealkylation sites (tertiary alicyclic amines) is 1. The first-order chi connectivity index (χ1) is 19.1. The number of benzene rings is 2. The number of aliphatic hydroxyl groups excluding tert-OH is 1. The van der Waals surface area contributed by atoms with Gasteiger partial charge >= 0.3 is 0 Å². The molecule has 2 aromatic carbocycles. The lowest BCUT2D eigenvalue weighted by Gasteiger charge is -2.35. The van der Waals surface area contributed by atoms with Gasteiger partial charge in [0.05, 0.1) is 28.7 Å². The molecule has 40 heavy (non-hydrogen) atoms. The minimum atomic E-state index is -1.95. The topological polar surface area (TPSA) is 103 Å². The Labute approximate surface area is 236 Å². The van der Waals surface area contributed by atoms with E-state index >= 15 is 4.39 Å². The summed E-state index contributed by atoms with van der Waals surface area (Å²) in [5, 5.41) is 13.2. The third-order valence-electron chi connectivity index (χ3n) is 7.79. The van der Waals surface area contributed by atoms with Crippen molar-refractivity contribution < 1.29 is 23.9 Å². The molecular weight excluding hydrogens is 531 g/mol. The Morgan fingerprint density at radius 3 is 2.45 bits per heavy atom. The predicted octanol–water partition coefficient (Wildman–Crippen LogP) is 3.89. The summed E-state index contributed by atoms with van der Waals surface area (Å²) < 4.78 is 15.3. The van der Waals surface area contributed by atoms with E-state index in [0.29, 0.717) is 5.56 Å². The maximum Gasteiger partial charge on any atom is 0.255 e. The second-order valence-corrected chi connectivity index (χ2v) is 11.7. The minimum absolute atomic E-state index is 0.254. The molecule has 0 spiro atoms. The van der Waals surface area contributed by atoms with Crippen LogP contribution in [0.3, 0.4) is 0 Å². The van der Waals surface area contributed by atoms with E-state index in [4.69, 9.17) is 0 Å². The van der Waals surface area contributed by atoms with Gasteiger partial charge in [-0.1, -0.05) is 56.3 Å². The van der Waals surface area contributed by atoms with Crippen LogP contribution in [0.5, 0.6) is 0 Å². The van der Waals surface area contributed by atoms with Crippen molar-refractivity contribution in [2.24, 2.45) is 5.92 Å². The molecule has 0 saturated carbocycles. The molecule has 1 unspecified atom stereocenters. The highest BCUT2D eigenvalue weighted by molar-refractivity contribution is 7.13. The van der Waals surface area contributed by atoms with Crippen LogP contribution in [-0.4, -0.2) is 68.5 Å². The third kappa shape index (κ3) is 5.01. The number of carbonyl (C=O) groups excluding carboxylic acids is 3. The molecule has 2 N–H and O–H groups in total. The Bertz CT molecular complexity index is 1430. The first-order valence-corrected chi connectivity index (χ1v) is 14.3. The van der Waals surface area contributed by atoms with Crippen molar-refractivity contribution in [1.82, 2.24) is 20.1 Å². The zero-order valence-corrected chi connectivity index (χ0v) is 23.7. The van der Waals surface area contributed by atoms with Crippen LogP contribution >= 0.6 is 11.3 Å². The monoisotopic (exact) mass is 564 g/mol. The van der Waals surface area contributed by atoms with Crippen LogP contribution in [0.2, 0.25) is 0 Å². The molecule has 2 aliphatic rings. The Hall–Kier alpha value is -3.63. The molecule has 3 aromatic rings. The lowest BCUT2D eigenvalue weighted by molar-refractivity contribution is -0.144. The van der Waals surface area contributed by atoms with Gasteiger partial charge in [-0.25, -0.2) is 9.37 Å². The van der Waals surface area contributed by atoms with E-state index in [1.54, 1.807) is 35.9 Å². The number of alkyl halides is 1. The minimum Gasteiger partial charge on any atom is -0.388 e. The number of β-amino-alcohol motifs (C(OH)–C–C–N with tert-alkyl or cyclic N) is 1. The van der Waals surface area contributed by atoms with Crippen LogP contribution in [0.4, 0.5) is 4.39 Å². The number of carbonyl (C=O) groups is 3. The van der Waals surface area contributed by atoms with Crippen molar-refractivity contribution >= 4 is 29.1 Å². The summed E-state index contributed by atoms with van der Waals surface area (Å²) in [4.78, 5) is 48.4. The SMILES string of the molecule is Cc1ncsc1-c1ccc([C@H](C)NC(=O)C2[C@@H](F)[C@@H](O)CN2C(=O)[C@H](C(C)C)N2Cc3ccccc3C2=O)cc1. The number of halogens is 1. The van der Waals surface area contributed by atoms with Gasteiger partial charge < -0.3 is 20.2 Å². The smallest absolute Gasteiger partial charge is 0.255 e. The van der Waals surface area contributed by atoms with Gasteiger partial charge in [0.2, 0.25) is 11.8 Å². The molecule has 3 amide bonds. The Kier molecular flexibility index (Phi) is 7.74. The van der Waals surface area contributed by atoms with E-state index in [9.17, 15) is 19.5 Å². The number of thiazole rings is 1. The number of fused-ring (bicyclic) bond motifs is 1. The summed E-state index contributed by atoms with van der Waals surface area (Å²) in [6.07, 6.45) is -3.46. The van der Waals surface area contributed by atoms with Crippen LogP contribution in [0, 0.1) is 12.8 Å². The van der Waals surface area contributed by atoms with Crippen LogP contribution in [-0.2, 0) is 16.1 Å². The molecule has 1 aromatic heterocycles. The largest absolute Gasteiger partial charge is 0.388 e. The molecule has 0 radical (unpaired) electrons. The standard InChI is InChI=1S/C30H33FN4O4S/c1-16(2)25(34-13-21-7-5-6-8-22(21)29(34)38)30(39)35-14-23(36)24(31)26(35)28(37)33-17(3)19-9-11-20(12-10-19)27-18(4)32-15-40-27/h5-12,15-17,23-26,36H,13-14H2,1-4H3,(H,33,37)/t17-,23-,24-,25-,26?/m0/s1. The second kappa shape index (κ2) is 11.1. The number of rotatable bonds is 7. The first-order valence-electron chi connectivity index (χ1n) is 13.4. The number of aromatic nitrogens is 1. The fraction of sp³-hybridized carbons (Fsp3) is 0.400. The number of aliphatic hydroxyl groups is 1. The Morgan fingerprint density at radius 1 is 1.12 bits per heavy atom. The van der Waals surface area contributed by atoms with Gasteiger partial charge in [0.25, 0.3) is 5.91 Å². The average molecular weight is 565 g/mol. The van der Waals surface area contributed by atoms with Crippen LogP contribution in [0.1, 0.15) is 54.0 Å². The number of amides is 3. The summed E-state index contributed by atoms with van der Waals surface area (Å²) in [7, 11) is 0. The molecular formula is C30H33FN4O4S. The molecule has 3 heterocycles. The molecule has 0 bridgehead atoms. The van der Waals surface area contributed by atoms with Gasteiger partial charge in [-0.05, 0) is 42.5 Å². The van der Waals surface area contributed by atoms with Gasteiger partial charge in [-0.15, -0.1) is 11.3 Å². The Balaban J connectivity index is 1.33. The summed E-state index contributed by atoms with van der Waals surface area (Å²) >= 11 is 1.55. The molecule has 0 aliphatic carbocycles. The predicted molar refractivity (Wildman–Crippen MR) is 150 cm³/mol. The molecule has 1 saturated heterocycles. The molecule has 2 aliphatic heterocycles. The highest BCUT2D eigenvalue weighted by Gasteiger charge is 2.51. The van der Waals surface area contributed by atoms with Crippen molar-refractivity contribution in [3.8, 4) is 10.4 Å². The second-order valence-electron chi connectivity index (χ2n) is 10.8. The lowest BCUT2D eigenvalue weighted by atomic mass is 10.00. The average Bonchev–Trinajstić information content (AvgIpc) is 3.59. The van der Waals surface area contributed by atoms with E-state index in [-0.39, 0.29) is 24.9 Å². The molecule has 10 heteroatoms. The van der Waals surface area contributed by atoms with Crippen molar-refractivity contribution in [2.45, 2.75) is 64.6 Å².